The minimum Gasteiger partial charge on any atom is -0.465 e. The van der Waals surface area contributed by atoms with Gasteiger partial charge >= 0.3 is 5.97 Å². The first-order valence-corrected chi connectivity index (χ1v) is 6.88. The van der Waals surface area contributed by atoms with Gasteiger partial charge in [0.2, 0.25) is 0 Å². The van der Waals surface area contributed by atoms with E-state index in [0.717, 1.165) is 6.42 Å². The third kappa shape index (κ3) is 2.82. The number of carbonyl (C=O) groups is 1. The molecule has 0 aromatic heterocycles. The Morgan fingerprint density at radius 2 is 2.29 bits per heavy atom. The molecule has 2 unspecified atom stereocenters. The second-order valence-electron chi connectivity index (χ2n) is 4.08. The zero-order valence-electron chi connectivity index (χ0n) is 9.89. The van der Waals surface area contributed by atoms with Gasteiger partial charge in [-0.1, -0.05) is 24.3 Å². The van der Waals surface area contributed by atoms with Crippen molar-refractivity contribution >= 4 is 17.7 Å². The molecule has 1 aromatic carbocycles. The summed E-state index contributed by atoms with van der Waals surface area (Å²) < 4.78 is 4.91. The fraction of sp³-hybridized carbons (Fsp3) is 0.462. The van der Waals surface area contributed by atoms with Crippen LogP contribution in [-0.2, 0) is 16.0 Å². The van der Waals surface area contributed by atoms with Crippen molar-refractivity contribution in [2.45, 2.75) is 24.6 Å². The number of fused-ring (bicyclic) bond motifs is 1. The molecule has 0 saturated heterocycles. The molecule has 0 spiro atoms. The number of rotatable bonds is 4. The van der Waals surface area contributed by atoms with E-state index < -0.39 is 0 Å². The van der Waals surface area contributed by atoms with Crippen LogP contribution in [0.1, 0.15) is 24.1 Å². The number of benzene rings is 1. The largest absolute Gasteiger partial charge is 0.465 e. The first-order valence-electron chi connectivity index (χ1n) is 5.83. The minimum absolute atomic E-state index is 0.0330. The second kappa shape index (κ2) is 5.56. The zero-order chi connectivity index (χ0) is 12.3. The Bertz CT molecular complexity index is 408. The van der Waals surface area contributed by atoms with Gasteiger partial charge in [0.25, 0.3) is 0 Å². The van der Waals surface area contributed by atoms with Crippen molar-refractivity contribution in [2.75, 3.05) is 12.4 Å². The molecule has 0 bridgehead atoms. The summed E-state index contributed by atoms with van der Waals surface area (Å²) >= 11 is 1.60. The number of hydrogen-bond acceptors (Lipinski definition) is 4. The Morgan fingerprint density at radius 1 is 1.53 bits per heavy atom. The normalized spacial score (nSPS) is 22.2. The van der Waals surface area contributed by atoms with Crippen LogP contribution in [0.2, 0.25) is 0 Å². The topological polar surface area (TPSA) is 52.3 Å². The predicted molar refractivity (Wildman–Crippen MR) is 70.0 cm³/mol. The molecule has 2 atom stereocenters. The summed E-state index contributed by atoms with van der Waals surface area (Å²) in [5.74, 6) is 0.237. The van der Waals surface area contributed by atoms with Crippen molar-refractivity contribution in [3.05, 3.63) is 35.4 Å². The van der Waals surface area contributed by atoms with E-state index in [2.05, 4.69) is 12.1 Å². The lowest BCUT2D eigenvalue weighted by Crippen LogP contribution is -2.21. The maximum absolute atomic E-state index is 11.3. The quantitative estimate of drug-likeness (QED) is 0.831. The number of thioether (sulfide) groups is 1. The van der Waals surface area contributed by atoms with E-state index in [9.17, 15) is 4.79 Å². The maximum Gasteiger partial charge on any atom is 0.315 e. The standard InChI is InChI=1S/C13H17NO2S/c1-2-16-12(15)8-17-11-7-9-5-3-4-6-10(9)13(11)14/h3-6,11,13H,2,7-8,14H2,1H3. The van der Waals surface area contributed by atoms with Crippen LogP contribution in [0.5, 0.6) is 0 Å². The van der Waals surface area contributed by atoms with Crippen LogP contribution in [0.3, 0.4) is 0 Å². The molecule has 2 rings (SSSR count). The number of ether oxygens (including phenoxy) is 1. The Labute approximate surface area is 106 Å². The van der Waals surface area contributed by atoms with E-state index in [1.807, 2.05) is 19.1 Å². The fourth-order valence-corrected chi connectivity index (χ4v) is 3.21. The van der Waals surface area contributed by atoms with Gasteiger partial charge in [-0.3, -0.25) is 4.79 Å². The lowest BCUT2D eigenvalue weighted by atomic mass is 10.1. The lowest BCUT2D eigenvalue weighted by molar-refractivity contribution is -0.139. The van der Waals surface area contributed by atoms with Crippen LogP contribution in [0.15, 0.2) is 24.3 Å². The highest BCUT2D eigenvalue weighted by Gasteiger charge is 2.30. The molecule has 0 fully saturated rings. The third-order valence-electron chi connectivity index (χ3n) is 2.96. The van der Waals surface area contributed by atoms with Gasteiger partial charge in [0.1, 0.15) is 0 Å². The minimum atomic E-state index is -0.152. The molecule has 2 N–H and O–H groups in total. The average Bonchev–Trinajstić information content (AvgIpc) is 2.65. The molecule has 1 aliphatic rings. The van der Waals surface area contributed by atoms with Gasteiger partial charge in [0.15, 0.2) is 0 Å². The highest BCUT2D eigenvalue weighted by Crippen LogP contribution is 2.36. The smallest absolute Gasteiger partial charge is 0.315 e. The van der Waals surface area contributed by atoms with Gasteiger partial charge in [0, 0.05) is 11.3 Å². The summed E-state index contributed by atoms with van der Waals surface area (Å²) in [6.45, 7) is 2.26. The lowest BCUT2D eigenvalue weighted by Gasteiger charge is -2.14. The number of nitrogens with two attached hydrogens (primary N) is 1. The molecule has 0 saturated carbocycles. The van der Waals surface area contributed by atoms with Crippen LogP contribution < -0.4 is 5.73 Å². The summed E-state index contributed by atoms with van der Waals surface area (Å²) in [6, 6.07) is 8.26. The molecular formula is C13H17NO2S. The van der Waals surface area contributed by atoms with Crippen molar-refractivity contribution in [1.29, 1.82) is 0 Å². The highest BCUT2D eigenvalue weighted by atomic mass is 32.2. The Balaban J connectivity index is 1.92. The summed E-state index contributed by atoms with van der Waals surface area (Å²) in [7, 11) is 0. The molecular weight excluding hydrogens is 234 g/mol. The number of esters is 1. The van der Waals surface area contributed by atoms with Crippen molar-refractivity contribution in [1.82, 2.24) is 0 Å². The predicted octanol–water partition coefficient (Wildman–Crippen LogP) is 1.91. The summed E-state index contributed by atoms with van der Waals surface area (Å²) in [5.41, 5.74) is 8.70. The Morgan fingerprint density at radius 3 is 3.00 bits per heavy atom. The van der Waals surface area contributed by atoms with Gasteiger partial charge in [-0.25, -0.2) is 0 Å². The van der Waals surface area contributed by atoms with E-state index in [4.69, 9.17) is 10.5 Å². The van der Waals surface area contributed by atoms with Gasteiger partial charge < -0.3 is 10.5 Å². The molecule has 0 heterocycles. The van der Waals surface area contributed by atoms with Crippen molar-refractivity contribution in [2.24, 2.45) is 5.73 Å². The number of hydrogen-bond donors (Lipinski definition) is 1. The Hall–Kier alpha value is -1.00. The van der Waals surface area contributed by atoms with E-state index >= 15 is 0 Å². The van der Waals surface area contributed by atoms with Crippen LogP contribution in [0, 0.1) is 0 Å². The molecule has 0 radical (unpaired) electrons. The fourth-order valence-electron chi connectivity index (χ4n) is 2.13. The molecule has 1 aromatic rings. The van der Waals surface area contributed by atoms with Gasteiger partial charge in [-0.15, -0.1) is 11.8 Å². The van der Waals surface area contributed by atoms with Crippen LogP contribution >= 0.6 is 11.8 Å². The van der Waals surface area contributed by atoms with E-state index in [-0.39, 0.29) is 17.3 Å². The first kappa shape index (κ1) is 12.5. The van der Waals surface area contributed by atoms with E-state index in [1.165, 1.54) is 11.1 Å². The number of carbonyl (C=O) groups excluding carboxylic acids is 1. The summed E-state index contributed by atoms with van der Waals surface area (Å²) in [6.07, 6.45) is 0.946. The van der Waals surface area contributed by atoms with Crippen molar-refractivity contribution in [3.8, 4) is 0 Å². The second-order valence-corrected chi connectivity index (χ2v) is 5.31. The zero-order valence-corrected chi connectivity index (χ0v) is 10.7. The molecule has 4 heteroatoms. The third-order valence-corrected chi connectivity index (χ3v) is 4.25. The van der Waals surface area contributed by atoms with Crippen LogP contribution in [0.4, 0.5) is 0 Å². The molecule has 0 aliphatic heterocycles. The molecule has 1 aliphatic carbocycles. The van der Waals surface area contributed by atoms with Gasteiger partial charge in [-0.2, -0.15) is 0 Å². The van der Waals surface area contributed by atoms with Crippen LogP contribution in [-0.4, -0.2) is 23.6 Å². The SMILES string of the molecule is CCOC(=O)CSC1Cc2ccccc2C1N. The average molecular weight is 251 g/mol. The molecule has 92 valence electrons. The van der Waals surface area contributed by atoms with E-state index in [1.54, 1.807) is 11.8 Å². The highest BCUT2D eigenvalue weighted by molar-refractivity contribution is 8.00. The first-order chi connectivity index (χ1) is 8.22. The summed E-state index contributed by atoms with van der Waals surface area (Å²) in [5, 5.41) is 0.289. The Kier molecular flexibility index (Phi) is 4.07. The molecule has 3 nitrogen and oxygen atoms in total. The summed E-state index contributed by atoms with van der Waals surface area (Å²) in [4.78, 5) is 11.3. The van der Waals surface area contributed by atoms with Gasteiger partial charge in [0.05, 0.1) is 12.4 Å². The maximum atomic E-state index is 11.3. The van der Waals surface area contributed by atoms with Crippen molar-refractivity contribution < 1.29 is 9.53 Å². The molecule has 0 amide bonds. The van der Waals surface area contributed by atoms with E-state index in [0.29, 0.717) is 12.4 Å². The van der Waals surface area contributed by atoms with Crippen LogP contribution in [0.25, 0.3) is 0 Å². The van der Waals surface area contributed by atoms with Crippen molar-refractivity contribution in [3.63, 3.8) is 0 Å². The monoisotopic (exact) mass is 251 g/mol. The van der Waals surface area contributed by atoms with Gasteiger partial charge in [-0.05, 0) is 24.5 Å². The molecule has 17 heavy (non-hydrogen) atoms.